The van der Waals surface area contributed by atoms with E-state index in [1.807, 2.05) is 60.7 Å². The second-order valence-corrected chi connectivity index (χ2v) is 13.1. The smallest absolute Gasteiger partial charge is 0.164 e. The molecule has 9 rings (SSSR count). The molecule has 0 aliphatic rings. The Morgan fingerprint density at radius 1 is 0.306 bits per heavy atom. The fraction of sp³-hybridized carbons (Fsp3) is 0. The largest absolute Gasteiger partial charge is 0.208 e. The highest BCUT2D eigenvalue weighted by Crippen LogP contribution is 2.43. The number of fused-ring (bicyclic) bond motifs is 3. The maximum atomic E-state index is 5.09. The van der Waals surface area contributed by atoms with Gasteiger partial charge in [-0.1, -0.05) is 158 Å². The van der Waals surface area contributed by atoms with Crippen LogP contribution in [-0.4, -0.2) is 15.0 Å². The molecule has 0 spiro atoms. The third-order valence-electron chi connectivity index (χ3n) is 8.98. The lowest BCUT2D eigenvalue weighted by molar-refractivity contribution is 1.08. The van der Waals surface area contributed by atoms with E-state index in [9.17, 15) is 0 Å². The third kappa shape index (κ3) is 5.38. The second kappa shape index (κ2) is 12.4. The Kier molecular flexibility index (Phi) is 7.34. The summed E-state index contributed by atoms with van der Waals surface area (Å²) in [5, 5.41) is 2.36. The molecular formula is C45H29N3S. The first kappa shape index (κ1) is 29.0. The van der Waals surface area contributed by atoms with Crippen molar-refractivity contribution in [1.29, 1.82) is 0 Å². The maximum Gasteiger partial charge on any atom is 0.164 e. The van der Waals surface area contributed by atoms with Gasteiger partial charge in [0.2, 0.25) is 0 Å². The molecule has 9 aromatic rings. The Labute approximate surface area is 288 Å². The molecule has 2 aromatic heterocycles. The zero-order valence-electron chi connectivity index (χ0n) is 26.5. The van der Waals surface area contributed by atoms with Crippen LogP contribution in [0.25, 0.3) is 87.7 Å². The van der Waals surface area contributed by atoms with Gasteiger partial charge in [0.1, 0.15) is 0 Å². The SMILES string of the molecule is c1ccc(-c2nc(-c3ccccc3)nc(-c3cccc4sc5ccc(-c6ccccc6-c6ccccc6-c6ccccc6)cc5c34)n2)cc1. The summed E-state index contributed by atoms with van der Waals surface area (Å²) in [7, 11) is 0. The molecule has 0 saturated carbocycles. The van der Waals surface area contributed by atoms with E-state index in [4.69, 9.17) is 15.0 Å². The molecule has 3 nitrogen and oxygen atoms in total. The molecule has 0 bridgehead atoms. The molecule has 0 amide bonds. The lowest BCUT2D eigenvalue weighted by Crippen LogP contribution is -2.00. The fourth-order valence-electron chi connectivity index (χ4n) is 6.67. The quantitative estimate of drug-likeness (QED) is 0.181. The first-order valence-electron chi connectivity index (χ1n) is 16.4. The van der Waals surface area contributed by atoms with Crippen LogP contribution in [0.3, 0.4) is 0 Å². The number of nitrogens with zero attached hydrogens (tertiary/aromatic N) is 3. The Bertz CT molecular complexity index is 2540. The third-order valence-corrected chi connectivity index (χ3v) is 10.1. The molecule has 0 radical (unpaired) electrons. The van der Waals surface area contributed by atoms with E-state index >= 15 is 0 Å². The van der Waals surface area contributed by atoms with E-state index in [1.165, 1.54) is 48.2 Å². The number of thiophene rings is 1. The molecule has 0 atom stereocenters. The number of aromatic nitrogens is 3. The molecule has 4 heteroatoms. The van der Waals surface area contributed by atoms with Crippen molar-refractivity contribution in [2.24, 2.45) is 0 Å². The standard InChI is InChI=1S/C45H29N3S/c1-4-15-30(16-5-1)34-21-10-12-23-36(34)37-24-13-11-22-35(37)33-27-28-40-39(29-33)42-38(25-14-26-41(42)49-40)45-47-43(31-17-6-2-7-18-31)46-44(48-45)32-19-8-3-9-20-32/h1-29H. The highest BCUT2D eigenvalue weighted by atomic mass is 32.1. The van der Waals surface area contributed by atoms with Gasteiger partial charge in [-0.3, -0.25) is 0 Å². The monoisotopic (exact) mass is 643 g/mol. The summed E-state index contributed by atoms with van der Waals surface area (Å²) in [5.41, 5.74) is 10.1. The average molecular weight is 644 g/mol. The van der Waals surface area contributed by atoms with E-state index in [-0.39, 0.29) is 0 Å². The van der Waals surface area contributed by atoms with Gasteiger partial charge in [0, 0.05) is 36.9 Å². The Hall–Kier alpha value is -6.23. The predicted molar refractivity (Wildman–Crippen MR) is 205 cm³/mol. The van der Waals surface area contributed by atoms with E-state index in [2.05, 4.69) is 115 Å². The minimum Gasteiger partial charge on any atom is -0.208 e. The van der Waals surface area contributed by atoms with Crippen LogP contribution in [0, 0.1) is 0 Å². The summed E-state index contributed by atoms with van der Waals surface area (Å²) >= 11 is 1.80. The molecule has 2 heterocycles. The van der Waals surface area contributed by atoms with Crippen LogP contribution in [-0.2, 0) is 0 Å². The summed E-state index contributed by atoms with van der Waals surface area (Å²) in [6.07, 6.45) is 0. The van der Waals surface area contributed by atoms with Crippen molar-refractivity contribution in [3.63, 3.8) is 0 Å². The molecular weight excluding hydrogens is 615 g/mol. The summed E-state index contributed by atoms with van der Waals surface area (Å²) in [6, 6.07) is 61.7. The lowest BCUT2D eigenvalue weighted by Gasteiger charge is -2.15. The number of benzene rings is 7. The summed E-state index contributed by atoms with van der Waals surface area (Å²) in [5.74, 6) is 1.99. The highest BCUT2D eigenvalue weighted by Gasteiger charge is 2.18. The Morgan fingerprint density at radius 2 is 0.776 bits per heavy atom. The van der Waals surface area contributed by atoms with E-state index in [0.29, 0.717) is 17.5 Å². The fourth-order valence-corrected chi connectivity index (χ4v) is 7.78. The first-order chi connectivity index (χ1) is 24.3. The molecule has 49 heavy (non-hydrogen) atoms. The Balaban J connectivity index is 1.24. The molecule has 0 fully saturated rings. The van der Waals surface area contributed by atoms with Crippen LogP contribution in [0.2, 0.25) is 0 Å². The minimum absolute atomic E-state index is 0.660. The number of hydrogen-bond donors (Lipinski definition) is 0. The summed E-state index contributed by atoms with van der Waals surface area (Å²) in [6.45, 7) is 0. The predicted octanol–water partition coefficient (Wildman–Crippen LogP) is 12.2. The van der Waals surface area contributed by atoms with Crippen LogP contribution in [0.4, 0.5) is 0 Å². The number of hydrogen-bond acceptors (Lipinski definition) is 4. The molecule has 0 N–H and O–H groups in total. The van der Waals surface area contributed by atoms with Crippen molar-refractivity contribution in [3.8, 4) is 67.5 Å². The first-order valence-corrected chi connectivity index (χ1v) is 17.2. The van der Waals surface area contributed by atoms with Gasteiger partial charge in [0.15, 0.2) is 17.5 Å². The summed E-state index contributed by atoms with van der Waals surface area (Å²) in [4.78, 5) is 15.1. The van der Waals surface area contributed by atoms with E-state index in [0.717, 1.165) is 22.1 Å². The van der Waals surface area contributed by atoms with E-state index < -0.39 is 0 Å². The minimum atomic E-state index is 0.660. The van der Waals surface area contributed by atoms with Crippen molar-refractivity contribution >= 4 is 31.5 Å². The molecule has 230 valence electrons. The van der Waals surface area contributed by atoms with Gasteiger partial charge in [-0.15, -0.1) is 11.3 Å². The van der Waals surface area contributed by atoms with Crippen LogP contribution in [0.15, 0.2) is 176 Å². The molecule has 0 unspecified atom stereocenters. The van der Waals surface area contributed by atoms with Gasteiger partial charge in [-0.2, -0.15) is 0 Å². The van der Waals surface area contributed by atoms with Crippen LogP contribution >= 0.6 is 11.3 Å². The molecule has 0 saturated heterocycles. The molecule has 0 aliphatic carbocycles. The molecule has 0 aliphatic heterocycles. The van der Waals surface area contributed by atoms with Crippen LogP contribution < -0.4 is 0 Å². The van der Waals surface area contributed by atoms with Gasteiger partial charge in [0.05, 0.1) is 0 Å². The van der Waals surface area contributed by atoms with Crippen LogP contribution in [0.1, 0.15) is 0 Å². The highest BCUT2D eigenvalue weighted by molar-refractivity contribution is 7.26. The topological polar surface area (TPSA) is 38.7 Å². The van der Waals surface area contributed by atoms with E-state index in [1.54, 1.807) is 11.3 Å². The van der Waals surface area contributed by atoms with Gasteiger partial charge in [-0.05, 0) is 51.6 Å². The number of rotatable bonds is 6. The van der Waals surface area contributed by atoms with Gasteiger partial charge < -0.3 is 0 Å². The maximum absolute atomic E-state index is 5.09. The van der Waals surface area contributed by atoms with Crippen molar-refractivity contribution in [3.05, 3.63) is 176 Å². The molecule has 7 aromatic carbocycles. The average Bonchev–Trinajstić information content (AvgIpc) is 3.57. The second-order valence-electron chi connectivity index (χ2n) is 12.0. The van der Waals surface area contributed by atoms with Gasteiger partial charge >= 0.3 is 0 Å². The Morgan fingerprint density at radius 3 is 1.37 bits per heavy atom. The van der Waals surface area contributed by atoms with Crippen molar-refractivity contribution in [2.75, 3.05) is 0 Å². The van der Waals surface area contributed by atoms with Gasteiger partial charge in [0.25, 0.3) is 0 Å². The van der Waals surface area contributed by atoms with Gasteiger partial charge in [-0.25, -0.2) is 15.0 Å². The van der Waals surface area contributed by atoms with Crippen molar-refractivity contribution < 1.29 is 0 Å². The lowest BCUT2D eigenvalue weighted by atomic mass is 9.89. The van der Waals surface area contributed by atoms with Crippen molar-refractivity contribution in [2.45, 2.75) is 0 Å². The zero-order valence-corrected chi connectivity index (χ0v) is 27.3. The normalized spacial score (nSPS) is 11.3. The van der Waals surface area contributed by atoms with Crippen molar-refractivity contribution in [1.82, 2.24) is 15.0 Å². The van der Waals surface area contributed by atoms with Crippen LogP contribution in [0.5, 0.6) is 0 Å². The zero-order chi connectivity index (χ0) is 32.6. The summed E-state index contributed by atoms with van der Waals surface area (Å²) < 4.78 is 2.43.